The van der Waals surface area contributed by atoms with Crippen LogP contribution in [-0.4, -0.2) is 36.8 Å². The van der Waals surface area contributed by atoms with Gasteiger partial charge in [-0.05, 0) is 30.3 Å². The number of methoxy groups -OCH3 is 2. The van der Waals surface area contributed by atoms with Crippen LogP contribution in [0.1, 0.15) is 18.2 Å². The highest BCUT2D eigenvalue weighted by Crippen LogP contribution is 2.36. The first-order valence-electron chi connectivity index (χ1n) is 8.81. The minimum absolute atomic E-state index is 0.144. The largest absolute Gasteiger partial charge is 0.497 e. The fraction of sp³-hybridized carbons (Fsp3) is 0.250. The van der Waals surface area contributed by atoms with Crippen molar-refractivity contribution in [1.29, 1.82) is 0 Å². The number of amides is 1. The number of benzene rings is 2. The van der Waals surface area contributed by atoms with Gasteiger partial charge in [-0.3, -0.25) is 4.79 Å². The summed E-state index contributed by atoms with van der Waals surface area (Å²) in [5.74, 6) is 0.707. The van der Waals surface area contributed by atoms with Gasteiger partial charge in [0, 0.05) is 30.0 Å². The highest BCUT2D eigenvalue weighted by molar-refractivity contribution is 6.31. The summed E-state index contributed by atoms with van der Waals surface area (Å²) in [5.41, 5.74) is 0.750. The Morgan fingerprint density at radius 2 is 2.03 bits per heavy atom. The van der Waals surface area contributed by atoms with Gasteiger partial charge in [-0.1, -0.05) is 16.8 Å². The first kappa shape index (κ1) is 19.2. The van der Waals surface area contributed by atoms with Crippen LogP contribution in [0.5, 0.6) is 11.5 Å². The SMILES string of the molecule is COc1ccc(-c2nc(C3CC(=O)N(c4cc(Cl)ccc4F)C3)no2)c(OC)c1. The molecule has 1 aliphatic rings. The number of ether oxygens (including phenoxy) is 2. The average molecular weight is 418 g/mol. The summed E-state index contributed by atoms with van der Waals surface area (Å²) in [6, 6.07) is 9.32. The minimum atomic E-state index is -0.514. The number of carbonyl (C=O) groups is 1. The summed E-state index contributed by atoms with van der Waals surface area (Å²) in [5, 5.41) is 4.38. The molecule has 1 aromatic heterocycles. The van der Waals surface area contributed by atoms with E-state index in [9.17, 15) is 9.18 Å². The molecule has 1 aliphatic heterocycles. The molecule has 7 nitrogen and oxygen atoms in total. The van der Waals surface area contributed by atoms with E-state index in [1.165, 1.54) is 30.2 Å². The van der Waals surface area contributed by atoms with Gasteiger partial charge in [-0.2, -0.15) is 4.98 Å². The summed E-state index contributed by atoms with van der Waals surface area (Å²) in [4.78, 5) is 18.3. The van der Waals surface area contributed by atoms with E-state index >= 15 is 0 Å². The second-order valence-corrected chi connectivity index (χ2v) is 6.96. The van der Waals surface area contributed by atoms with E-state index in [0.717, 1.165) is 0 Å². The van der Waals surface area contributed by atoms with Crippen molar-refractivity contribution in [2.24, 2.45) is 0 Å². The summed E-state index contributed by atoms with van der Waals surface area (Å²) in [7, 11) is 3.09. The van der Waals surface area contributed by atoms with Crippen molar-refractivity contribution in [2.45, 2.75) is 12.3 Å². The maximum Gasteiger partial charge on any atom is 0.261 e. The van der Waals surface area contributed by atoms with E-state index in [-0.39, 0.29) is 36.4 Å². The number of rotatable bonds is 5. The Morgan fingerprint density at radius 3 is 2.79 bits per heavy atom. The van der Waals surface area contributed by atoms with Crippen LogP contribution >= 0.6 is 11.6 Å². The summed E-state index contributed by atoms with van der Waals surface area (Å²) >= 11 is 5.95. The second-order valence-electron chi connectivity index (χ2n) is 6.53. The molecule has 0 radical (unpaired) electrons. The van der Waals surface area contributed by atoms with Crippen molar-refractivity contribution in [3.8, 4) is 23.0 Å². The molecule has 29 heavy (non-hydrogen) atoms. The number of hydrogen-bond donors (Lipinski definition) is 0. The van der Waals surface area contributed by atoms with E-state index < -0.39 is 5.82 Å². The smallest absolute Gasteiger partial charge is 0.261 e. The third-order valence-electron chi connectivity index (χ3n) is 4.77. The molecule has 0 aliphatic carbocycles. The Kier molecular flexibility index (Phi) is 5.10. The Hall–Kier alpha value is -3.13. The van der Waals surface area contributed by atoms with Crippen molar-refractivity contribution < 1.29 is 23.2 Å². The van der Waals surface area contributed by atoms with Crippen molar-refractivity contribution in [3.05, 3.63) is 53.1 Å². The Balaban J connectivity index is 1.59. The monoisotopic (exact) mass is 417 g/mol. The highest BCUT2D eigenvalue weighted by Gasteiger charge is 2.36. The van der Waals surface area contributed by atoms with Crippen LogP contribution in [0.2, 0.25) is 5.02 Å². The third kappa shape index (κ3) is 3.63. The number of aromatic nitrogens is 2. The Morgan fingerprint density at radius 1 is 1.21 bits per heavy atom. The van der Waals surface area contributed by atoms with Gasteiger partial charge in [0.1, 0.15) is 17.3 Å². The molecule has 3 aromatic rings. The molecule has 1 unspecified atom stereocenters. The van der Waals surface area contributed by atoms with Gasteiger partial charge >= 0.3 is 0 Å². The molecule has 1 saturated heterocycles. The molecular formula is C20H17ClFN3O4. The lowest BCUT2D eigenvalue weighted by atomic mass is 10.1. The van der Waals surface area contributed by atoms with Crippen molar-refractivity contribution >= 4 is 23.2 Å². The first-order chi connectivity index (χ1) is 14.0. The van der Waals surface area contributed by atoms with Crippen molar-refractivity contribution in [2.75, 3.05) is 25.7 Å². The lowest BCUT2D eigenvalue weighted by Gasteiger charge is -2.17. The molecule has 4 rings (SSSR count). The van der Waals surface area contributed by atoms with E-state index in [2.05, 4.69) is 10.1 Å². The van der Waals surface area contributed by atoms with Crippen LogP contribution in [0.3, 0.4) is 0 Å². The normalized spacial score (nSPS) is 16.3. The lowest BCUT2D eigenvalue weighted by Crippen LogP contribution is -2.25. The predicted molar refractivity (Wildman–Crippen MR) is 104 cm³/mol. The van der Waals surface area contributed by atoms with Crippen LogP contribution in [-0.2, 0) is 4.79 Å². The van der Waals surface area contributed by atoms with Crippen LogP contribution in [0.25, 0.3) is 11.5 Å². The lowest BCUT2D eigenvalue weighted by molar-refractivity contribution is -0.117. The second kappa shape index (κ2) is 7.71. The molecule has 0 saturated carbocycles. The molecule has 0 spiro atoms. The van der Waals surface area contributed by atoms with Gasteiger partial charge in [0.2, 0.25) is 5.91 Å². The van der Waals surface area contributed by atoms with Gasteiger partial charge in [-0.25, -0.2) is 4.39 Å². The van der Waals surface area contributed by atoms with Gasteiger partial charge in [0.15, 0.2) is 5.82 Å². The average Bonchev–Trinajstić information content (AvgIpc) is 3.36. The summed E-state index contributed by atoms with van der Waals surface area (Å²) in [6.45, 7) is 0.231. The zero-order chi connectivity index (χ0) is 20.5. The van der Waals surface area contributed by atoms with E-state index in [1.807, 2.05) is 0 Å². The third-order valence-corrected chi connectivity index (χ3v) is 5.01. The van der Waals surface area contributed by atoms with Crippen molar-refractivity contribution in [3.63, 3.8) is 0 Å². The van der Waals surface area contributed by atoms with E-state index in [0.29, 0.717) is 27.9 Å². The predicted octanol–water partition coefficient (Wildman–Crippen LogP) is 4.07. The van der Waals surface area contributed by atoms with Gasteiger partial charge in [0.25, 0.3) is 5.89 Å². The number of anilines is 1. The number of nitrogens with zero attached hydrogens (tertiary/aromatic N) is 3. The first-order valence-corrected chi connectivity index (χ1v) is 9.19. The van der Waals surface area contributed by atoms with Gasteiger partial charge < -0.3 is 18.9 Å². The molecule has 2 heterocycles. The van der Waals surface area contributed by atoms with Gasteiger partial charge in [0.05, 0.1) is 25.5 Å². The molecule has 9 heteroatoms. The van der Waals surface area contributed by atoms with Crippen molar-refractivity contribution in [1.82, 2.24) is 10.1 Å². The minimum Gasteiger partial charge on any atom is -0.497 e. The molecule has 150 valence electrons. The standard InChI is InChI=1S/C20H17ClFN3O4/c1-27-13-4-5-14(17(9-13)28-2)20-23-19(24-29-20)11-7-18(26)25(10-11)16-8-12(21)3-6-15(16)22/h3-6,8-9,11H,7,10H2,1-2H3. The van der Waals surface area contributed by atoms with Crippen LogP contribution < -0.4 is 14.4 Å². The van der Waals surface area contributed by atoms with Gasteiger partial charge in [-0.15, -0.1) is 0 Å². The maximum atomic E-state index is 14.2. The molecule has 0 bridgehead atoms. The fourth-order valence-electron chi connectivity index (χ4n) is 3.29. The number of hydrogen-bond acceptors (Lipinski definition) is 6. The molecule has 2 aromatic carbocycles. The van der Waals surface area contributed by atoms with Crippen LogP contribution in [0.4, 0.5) is 10.1 Å². The zero-order valence-electron chi connectivity index (χ0n) is 15.7. The molecule has 1 amide bonds. The zero-order valence-corrected chi connectivity index (χ0v) is 16.4. The Labute approximate surface area is 171 Å². The topological polar surface area (TPSA) is 77.7 Å². The van der Waals surface area contributed by atoms with Crippen LogP contribution in [0, 0.1) is 5.82 Å². The number of carbonyl (C=O) groups excluding carboxylic acids is 1. The van der Waals surface area contributed by atoms with Crippen LogP contribution in [0.15, 0.2) is 40.9 Å². The summed E-state index contributed by atoms with van der Waals surface area (Å²) < 4.78 is 30.1. The molecular weight excluding hydrogens is 401 g/mol. The molecule has 1 fully saturated rings. The van der Waals surface area contributed by atoms with E-state index in [4.69, 9.17) is 25.6 Å². The summed E-state index contributed by atoms with van der Waals surface area (Å²) in [6.07, 6.45) is 0.144. The number of halogens is 2. The quantitative estimate of drug-likeness (QED) is 0.622. The van der Waals surface area contributed by atoms with E-state index in [1.54, 1.807) is 25.3 Å². The molecule has 1 atom stereocenters. The highest BCUT2D eigenvalue weighted by atomic mass is 35.5. The maximum absolute atomic E-state index is 14.2. The molecule has 0 N–H and O–H groups in total. The fourth-order valence-corrected chi connectivity index (χ4v) is 3.46. The Bertz CT molecular complexity index is 1070.